The van der Waals surface area contributed by atoms with Gasteiger partial charge in [-0.2, -0.15) is 4.31 Å². The first-order valence-corrected chi connectivity index (χ1v) is 12.4. The van der Waals surface area contributed by atoms with E-state index in [1.807, 2.05) is 4.83 Å². The van der Waals surface area contributed by atoms with Crippen LogP contribution in [0.1, 0.15) is 24.2 Å². The van der Waals surface area contributed by atoms with E-state index in [1.54, 1.807) is 19.9 Å². The number of sulfonamides is 2. The average molecular weight is 470 g/mol. The molecule has 2 aromatic rings. The highest BCUT2D eigenvalue weighted by molar-refractivity contribution is 7.89. The van der Waals surface area contributed by atoms with E-state index in [4.69, 9.17) is 9.47 Å². The molecule has 0 saturated carbocycles. The number of hydrogen-bond acceptors (Lipinski definition) is 7. The van der Waals surface area contributed by atoms with E-state index < -0.39 is 26.0 Å². The van der Waals surface area contributed by atoms with Crippen molar-refractivity contribution in [3.63, 3.8) is 0 Å². The molecule has 0 aromatic heterocycles. The number of fused-ring (bicyclic) bond motifs is 1. The molecule has 12 heteroatoms. The van der Waals surface area contributed by atoms with E-state index in [9.17, 15) is 21.6 Å². The summed E-state index contributed by atoms with van der Waals surface area (Å²) in [6.45, 7) is 4.79. The Balaban J connectivity index is 1.70. The van der Waals surface area contributed by atoms with Crippen molar-refractivity contribution in [2.24, 2.45) is 0 Å². The molecule has 1 heterocycles. The van der Waals surface area contributed by atoms with E-state index in [0.717, 1.165) is 12.1 Å². The quantitative estimate of drug-likeness (QED) is 0.554. The number of ether oxygens (including phenoxy) is 2. The van der Waals surface area contributed by atoms with Crippen molar-refractivity contribution in [2.75, 3.05) is 26.3 Å². The Morgan fingerprint density at radius 3 is 2.10 bits per heavy atom. The fourth-order valence-electron chi connectivity index (χ4n) is 2.93. The van der Waals surface area contributed by atoms with Crippen molar-refractivity contribution >= 4 is 26.0 Å². The minimum atomic E-state index is -4.12. The third-order valence-corrected chi connectivity index (χ3v) is 7.91. The number of benzene rings is 2. The molecular weight excluding hydrogens is 446 g/mol. The highest BCUT2D eigenvalue weighted by atomic mass is 32.2. The molecule has 3 rings (SSSR count). The molecule has 1 aliphatic heterocycles. The predicted molar refractivity (Wildman–Crippen MR) is 112 cm³/mol. The summed E-state index contributed by atoms with van der Waals surface area (Å²) in [5, 5.41) is 0. The Morgan fingerprint density at radius 1 is 0.903 bits per heavy atom. The summed E-state index contributed by atoms with van der Waals surface area (Å²) in [6, 6.07) is 9.24. The van der Waals surface area contributed by atoms with Gasteiger partial charge in [0.05, 0.1) is 9.79 Å². The minimum absolute atomic E-state index is 0.0181. The summed E-state index contributed by atoms with van der Waals surface area (Å²) in [5.41, 5.74) is 2.30. The van der Waals surface area contributed by atoms with Gasteiger partial charge in [0.25, 0.3) is 15.9 Å². The standard InChI is InChI=1S/C19H23N3O7S2/c1-3-22(4-2)31(26,27)16-8-6-15(7-9-16)30(24,25)21-20-19(23)14-5-10-17-18(13-14)29-12-11-28-17/h5-10,13,21H,3-4,11-12H2,1-2H3,(H,20,23). The maximum absolute atomic E-state index is 12.5. The van der Waals surface area contributed by atoms with Gasteiger partial charge in [-0.15, -0.1) is 4.83 Å². The van der Waals surface area contributed by atoms with Gasteiger partial charge in [-0.05, 0) is 42.5 Å². The highest BCUT2D eigenvalue weighted by Crippen LogP contribution is 2.30. The zero-order valence-electron chi connectivity index (χ0n) is 17.0. The summed E-state index contributed by atoms with van der Waals surface area (Å²) in [4.78, 5) is 14.1. The van der Waals surface area contributed by atoms with Crippen LogP contribution in [0, 0.1) is 0 Å². The van der Waals surface area contributed by atoms with Gasteiger partial charge in [0.2, 0.25) is 10.0 Å². The molecule has 1 aliphatic rings. The highest BCUT2D eigenvalue weighted by Gasteiger charge is 2.23. The number of rotatable bonds is 8. The second kappa shape index (κ2) is 9.22. The third kappa shape index (κ3) is 4.98. The van der Waals surface area contributed by atoms with Crippen LogP contribution in [0.4, 0.5) is 0 Å². The lowest BCUT2D eigenvalue weighted by atomic mass is 10.2. The number of hydrogen-bond donors (Lipinski definition) is 2. The van der Waals surface area contributed by atoms with Gasteiger partial charge in [0, 0.05) is 18.7 Å². The lowest BCUT2D eigenvalue weighted by Gasteiger charge is -2.19. The first-order valence-electron chi connectivity index (χ1n) is 9.51. The fourth-order valence-corrected chi connectivity index (χ4v) is 5.23. The van der Waals surface area contributed by atoms with Crippen LogP contribution in [0.2, 0.25) is 0 Å². The van der Waals surface area contributed by atoms with Gasteiger partial charge < -0.3 is 9.47 Å². The zero-order valence-corrected chi connectivity index (χ0v) is 18.6. The van der Waals surface area contributed by atoms with Crippen LogP contribution < -0.4 is 19.7 Å². The van der Waals surface area contributed by atoms with Crippen molar-refractivity contribution in [3.8, 4) is 11.5 Å². The average Bonchev–Trinajstić information content (AvgIpc) is 2.78. The summed E-state index contributed by atoms with van der Waals surface area (Å²) in [7, 11) is -7.83. The van der Waals surface area contributed by atoms with Crippen LogP contribution in [0.25, 0.3) is 0 Å². The van der Waals surface area contributed by atoms with Crippen molar-refractivity contribution in [1.82, 2.24) is 14.6 Å². The molecule has 2 N–H and O–H groups in total. The number of nitrogens with zero attached hydrogens (tertiary/aromatic N) is 1. The molecule has 0 bridgehead atoms. The van der Waals surface area contributed by atoms with Crippen LogP contribution >= 0.6 is 0 Å². The van der Waals surface area contributed by atoms with Crippen LogP contribution in [0.15, 0.2) is 52.3 Å². The summed E-state index contributed by atoms with van der Waals surface area (Å²) in [6.07, 6.45) is 0. The van der Waals surface area contributed by atoms with Crippen LogP contribution in [0.5, 0.6) is 11.5 Å². The first kappa shape index (κ1) is 23.0. The summed E-state index contributed by atoms with van der Waals surface area (Å²) < 4.78 is 62.0. The molecule has 31 heavy (non-hydrogen) atoms. The molecular formula is C19H23N3O7S2. The molecule has 0 fully saturated rings. The van der Waals surface area contributed by atoms with Gasteiger partial charge in [-0.3, -0.25) is 10.2 Å². The van der Waals surface area contributed by atoms with Gasteiger partial charge >= 0.3 is 0 Å². The van der Waals surface area contributed by atoms with Crippen molar-refractivity contribution in [1.29, 1.82) is 0 Å². The van der Waals surface area contributed by atoms with Crippen molar-refractivity contribution in [3.05, 3.63) is 48.0 Å². The second-order valence-electron chi connectivity index (χ2n) is 6.48. The SMILES string of the molecule is CCN(CC)S(=O)(=O)c1ccc(S(=O)(=O)NNC(=O)c2ccc3c(c2)OCCO3)cc1. The van der Waals surface area contributed by atoms with Crippen LogP contribution in [-0.4, -0.2) is 53.4 Å². The van der Waals surface area contributed by atoms with Crippen LogP contribution in [0.3, 0.4) is 0 Å². The molecule has 168 valence electrons. The molecule has 10 nitrogen and oxygen atoms in total. The smallest absolute Gasteiger partial charge is 0.266 e. The largest absolute Gasteiger partial charge is 0.486 e. The first-order chi connectivity index (χ1) is 14.7. The third-order valence-electron chi connectivity index (χ3n) is 4.58. The Labute approximate surface area is 181 Å². The summed E-state index contributed by atoms with van der Waals surface area (Å²) in [5.74, 6) is 0.205. The van der Waals surface area contributed by atoms with E-state index in [2.05, 4.69) is 5.43 Å². The van der Waals surface area contributed by atoms with Gasteiger partial charge in [-0.1, -0.05) is 13.8 Å². The number of amides is 1. The van der Waals surface area contributed by atoms with Crippen molar-refractivity contribution in [2.45, 2.75) is 23.6 Å². The molecule has 0 spiro atoms. The molecule has 0 radical (unpaired) electrons. The van der Waals surface area contributed by atoms with Crippen LogP contribution in [-0.2, 0) is 20.0 Å². The van der Waals surface area contributed by atoms with Gasteiger partial charge in [0.1, 0.15) is 13.2 Å². The van der Waals surface area contributed by atoms with Gasteiger partial charge in [0.15, 0.2) is 11.5 Å². The summed E-state index contributed by atoms with van der Waals surface area (Å²) >= 11 is 0. The minimum Gasteiger partial charge on any atom is -0.486 e. The number of carbonyl (C=O) groups excluding carboxylic acids is 1. The molecule has 0 saturated heterocycles. The Hall–Kier alpha value is -2.67. The normalized spacial score (nSPS) is 13.8. The number of hydrazine groups is 1. The lowest BCUT2D eigenvalue weighted by molar-refractivity contribution is 0.0944. The number of carbonyl (C=O) groups is 1. The molecule has 1 amide bonds. The Morgan fingerprint density at radius 2 is 1.48 bits per heavy atom. The molecule has 0 aliphatic carbocycles. The van der Waals surface area contributed by atoms with E-state index in [-0.39, 0.29) is 15.4 Å². The zero-order chi connectivity index (χ0) is 22.6. The fraction of sp³-hybridized carbons (Fsp3) is 0.316. The lowest BCUT2D eigenvalue weighted by Crippen LogP contribution is -2.41. The van der Waals surface area contributed by atoms with Crippen molar-refractivity contribution < 1.29 is 31.1 Å². The maximum atomic E-state index is 12.5. The molecule has 0 unspecified atom stereocenters. The topological polar surface area (TPSA) is 131 Å². The van der Waals surface area contributed by atoms with E-state index >= 15 is 0 Å². The molecule has 2 aromatic carbocycles. The van der Waals surface area contributed by atoms with E-state index in [0.29, 0.717) is 37.8 Å². The Bertz CT molecular complexity index is 1160. The maximum Gasteiger partial charge on any atom is 0.266 e. The molecule has 0 atom stereocenters. The van der Waals surface area contributed by atoms with E-state index in [1.165, 1.54) is 28.6 Å². The van der Waals surface area contributed by atoms with Gasteiger partial charge in [-0.25, -0.2) is 16.8 Å². The predicted octanol–water partition coefficient (Wildman–Crippen LogP) is 1.11. The second-order valence-corrected chi connectivity index (χ2v) is 10.1. The Kier molecular flexibility index (Phi) is 6.84. The monoisotopic (exact) mass is 469 g/mol. The number of nitrogens with one attached hydrogen (secondary N) is 2.